The average Bonchev–Trinajstić information content (AvgIpc) is 3.17. The lowest BCUT2D eigenvalue weighted by molar-refractivity contribution is -0.118. The summed E-state index contributed by atoms with van der Waals surface area (Å²) < 4.78 is 7.23. The molecule has 0 aliphatic heterocycles. The molecule has 1 aromatic heterocycles. The van der Waals surface area contributed by atoms with E-state index in [2.05, 4.69) is 10.4 Å². The monoisotopic (exact) mass is 339 g/mol. The number of halogens is 2. The van der Waals surface area contributed by atoms with Gasteiger partial charge in [-0.05, 0) is 37.0 Å². The van der Waals surface area contributed by atoms with E-state index >= 15 is 0 Å². The Morgan fingerprint density at radius 3 is 2.95 bits per heavy atom. The molecule has 0 saturated heterocycles. The third kappa shape index (κ3) is 4.15. The normalized spacial score (nSPS) is 13.9. The Balaban J connectivity index is 1.50. The fourth-order valence-electron chi connectivity index (χ4n) is 2.03. The maximum absolute atomic E-state index is 11.9. The number of carbonyl (C=O) groups excluding carboxylic acids is 1. The van der Waals surface area contributed by atoms with Crippen LogP contribution in [0.15, 0.2) is 30.6 Å². The van der Waals surface area contributed by atoms with Crippen molar-refractivity contribution in [3.8, 4) is 5.75 Å². The minimum Gasteiger partial charge on any atom is -0.482 e. The molecule has 1 aliphatic carbocycles. The largest absolute Gasteiger partial charge is 0.482 e. The number of hydrogen-bond donors (Lipinski definition) is 1. The van der Waals surface area contributed by atoms with Gasteiger partial charge in [-0.2, -0.15) is 5.10 Å². The fourth-order valence-corrected chi connectivity index (χ4v) is 2.49. The first kappa shape index (κ1) is 15.2. The molecule has 1 aromatic carbocycles. The summed E-state index contributed by atoms with van der Waals surface area (Å²) in [5.74, 6) is 0.890. The fraction of sp³-hybridized carbons (Fsp3) is 0.333. The molecule has 0 radical (unpaired) electrons. The second kappa shape index (κ2) is 6.58. The summed E-state index contributed by atoms with van der Waals surface area (Å²) in [6, 6.07) is 4.85. The van der Waals surface area contributed by atoms with Gasteiger partial charge in [-0.3, -0.25) is 9.48 Å². The third-order valence-electron chi connectivity index (χ3n) is 3.31. The Hall–Kier alpha value is -1.72. The Labute approximate surface area is 138 Å². The number of rotatable bonds is 6. The van der Waals surface area contributed by atoms with Crippen molar-refractivity contribution in [2.75, 3.05) is 11.9 Å². The van der Waals surface area contributed by atoms with Crippen LogP contribution < -0.4 is 10.1 Å². The highest BCUT2D eigenvalue weighted by Crippen LogP contribution is 2.30. The topological polar surface area (TPSA) is 56.1 Å². The molecular weight excluding hydrogens is 325 g/mol. The second-order valence-electron chi connectivity index (χ2n) is 5.31. The van der Waals surface area contributed by atoms with E-state index in [-0.39, 0.29) is 12.5 Å². The number of nitrogens with zero attached hydrogens (tertiary/aromatic N) is 2. The predicted molar refractivity (Wildman–Crippen MR) is 85.5 cm³/mol. The van der Waals surface area contributed by atoms with Gasteiger partial charge in [-0.15, -0.1) is 0 Å². The maximum atomic E-state index is 11.9. The molecule has 1 amide bonds. The SMILES string of the molecule is O=C(COc1ccc(Cl)cc1Cl)Nc1cnn(CC2CC2)c1. The van der Waals surface area contributed by atoms with Crippen LogP contribution in [0.2, 0.25) is 10.0 Å². The number of hydrogen-bond acceptors (Lipinski definition) is 3. The van der Waals surface area contributed by atoms with Crippen molar-refractivity contribution in [2.45, 2.75) is 19.4 Å². The molecular formula is C15H15Cl2N3O2. The lowest BCUT2D eigenvalue weighted by Crippen LogP contribution is -2.20. The Morgan fingerprint density at radius 1 is 1.41 bits per heavy atom. The van der Waals surface area contributed by atoms with E-state index in [1.165, 1.54) is 12.8 Å². The quantitative estimate of drug-likeness (QED) is 0.874. The summed E-state index contributed by atoms with van der Waals surface area (Å²) >= 11 is 11.8. The van der Waals surface area contributed by atoms with Crippen molar-refractivity contribution in [2.24, 2.45) is 5.92 Å². The molecule has 116 valence electrons. The van der Waals surface area contributed by atoms with Crippen LogP contribution in [0.5, 0.6) is 5.75 Å². The first-order valence-corrected chi connectivity index (χ1v) is 7.76. The molecule has 3 rings (SSSR count). The smallest absolute Gasteiger partial charge is 0.262 e. The van der Waals surface area contributed by atoms with Gasteiger partial charge < -0.3 is 10.1 Å². The summed E-state index contributed by atoms with van der Waals surface area (Å²) in [7, 11) is 0. The van der Waals surface area contributed by atoms with E-state index in [0.29, 0.717) is 21.5 Å². The number of nitrogens with one attached hydrogen (secondary N) is 1. The first-order valence-electron chi connectivity index (χ1n) is 7.00. The summed E-state index contributed by atoms with van der Waals surface area (Å²) in [4.78, 5) is 11.9. The van der Waals surface area contributed by atoms with Crippen molar-refractivity contribution in [3.05, 3.63) is 40.6 Å². The Bertz CT molecular complexity index is 683. The molecule has 0 spiro atoms. The molecule has 1 fully saturated rings. The highest BCUT2D eigenvalue weighted by molar-refractivity contribution is 6.35. The number of ether oxygens (including phenoxy) is 1. The molecule has 0 unspecified atom stereocenters. The van der Waals surface area contributed by atoms with E-state index in [4.69, 9.17) is 27.9 Å². The standard InChI is InChI=1S/C15H15Cl2N3O2/c16-11-3-4-14(13(17)5-11)22-9-15(21)19-12-6-18-20(8-12)7-10-1-2-10/h3-6,8,10H,1-2,7,9H2,(H,19,21). The van der Waals surface area contributed by atoms with Crippen LogP contribution in [0.1, 0.15) is 12.8 Å². The molecule has 0 atom stereocenters. The molecule has 5 nitrogen and oxygen atoms in total. The predicted octanol–water partition coefficient (Wildman–Crippen LogP) is 3.62. The van der Waals surface area contributed by atoms with Crippen LogP contribution in [0.25, 0.3) is 0 Å². The lowest BCUT2D eigenvalue weighted by Gasteiger charge is -2.08. The second-order valence-corrected chi connectivity index (χ2v) is 6.15. The van der Waals surface area contributed by atoms with Crippen molar-refractivity contribution in [3.63, 3.8) is 0 Å². The summed E-state index contributed by atoms with van der Waals surface area (Å²) in [6.07, 6.45) is 5.98. The van der Waals surface area contributed by atoms with Crippen molar-refractivity contribution in [1.29, 1.82) is 0 Å². The van der Waals surface area contributed by atoms with Gasteiger partial charge in [0.2, 0.25) is 0 Å². The maximum Gasteiger partial charge on any atom is 0.262 e. The van der Waals surface area contributed by atoms with Gasteiger partial charge in [0.05, 0.1) is 16.9 Å². The molecule has 22 heavy (non-hydrogen) atoms. The molecule has 1 heterocycles. The molecule has 1 saturated carbocycles. The van der Waals surface area contributed by atoms with E-state index in [9.17, 15) is 4.79 Å². The minimum atomic E-state index is -0.267. The van der Waals surface area contributed by atoms with Gasteiger partial charge in [-0.1, -0.05) is 23.2 Å². The highest BCUT2D eigenvalue weighted by atomic mass is 35.5. The Morgan fingerprint density at radius 2 is 2.23 bits per heavy atom. The zero-order valence-corrected chi connectivity index (χ0v) is 13.3. The van der Waals surface area contributed by atoms with Crippen LogP contribution in [0.4, 0.5) is 5.69 Å². The number of carbonyl (C=O) groups is 1. The third-order valence-corrected chi connectivity index (χ3v) is 3.84. The molecule has 2 aromatic rings. The number of anilines is 1. The van der Waals surface area contributed by atoms with Gasteiger partial charge >= 0.3 is 0 Å². The zero-order chi connectivity index (χ0) is 15.5. The van der Waals surface area contributed by atoms with Crippen LogP contribution >= 0.6 is 23.2 Å². The summed E-state index contributed by atoms with van der Waals surface area (Å²) in [6.45, 7) is 0.780. The minimum absolute atomic E-state index is 0.130. The zero-order valence-electron chi connectivity index (χ0n) is 11.8. The van der Waals surface area contributed by atoms with Gasteiger partial charge in [-0.25, -0.2) is 0 Å². The van der Waals surface area contributed by atoms with Gasteiger partial charge in [0, 0.05) is 17.8 Å². The van der Waals surface area contributed by atoms with Gasteiger partial charge in [0.15, 0.2) is 6.61 Å². The van der Waals surface area contributed by atoms with Crippen molar-refractivity contribution < 1.29 is 9.53 Å². The lowest BCUT2D eigenvalue weighted by atomic mass is 10.3. The highest BCUT2D eigenvalue weighted by Gasteiger charge is 2.22. The van der Waals surface area contributed by atoms with Crippen LogP contribution in [0, 0.1) is 5.92 Å². The van der Waals surface area contributed by atoms with Crippen molar-refractivity contribution >= 4 is 34.8 Å². The first-order chi connectivity index (χ1) is 10.6. The van der Waals surface area contributed by atoms with Crippen LogP contribution in [-0.4, -0.2) is 22.3 Å². The van der Waals surface area contributed by atoms with Gasteiger partial charge in [0.1, 0.15) is 5.75 Å². The number of benzene rings is 1. The summed E-state index contributed by atoms with van der Waals surface area (Å²) in [5, 5.41) is 7.85. The molecule has 7 heteroatoms. The Kier molecular flexibility index (Phi) is 4.55. The van der Waals surface area contributed by atoms with Crippen molar-refractivity contribution in [1.82, 2.24) is 9.78 Å². The molecule has 1 aliphatic rings. The average molecular weight is 340 g/mol. The van der Waals surface area contributed by atoms with E-state index in [0.717, 1.165) is 12.5 Å². The van der Waals surface area contributed by atoms with Gasteiger partial charge in [0.25, 0.3) is 5.91 Å². The van der Waals surface area contributed by atoms with E-state index in [1.54, 1.807) is 24.4 Å². The molecule has 1 N–H and O–H groups in total. The number of aromatic nitrogens is 2. The van der Waals surface area contributed by atoms with E-state index < -0.39 is 0 Å². The number of amides is 1. The van der Waals surface area contributed by atoms with Crippen LogP contribution in [-0.2, 0) is 11.3 Å². The van der Waals surface area contributed by atoms with E-state index in [1.807, 2.05) is 10.9 Å². The summed E-state index contributed by atoms with van der Waals surface area (Å²) in [5.41, 5.74) is 0.663. The van der Waals surface area contributed by atoms with Crippen LogP contribution in [0.3, 0.4) is 0 Å². The molecule has 0 bridgehead atoms.